The van der Waals surface area contributed by atoms with Gasteiger partial charge < -0.3 is 10.6 Å². The minimum Gasteiger partial charge on any atom is -0.360 e. The van der Waals surface area contributed by atoms with Crippen molar-refractivity contribution in [3.05, 3.63) is 35.6 Å². The van der Waals surface area contributed by atoms with Crippen LogP contribution in [0.5, 0.6) is 0 Å². The molecular weight excluding hydrogens is 271 g/mol. The summed E-state index contributed by atoms with van der Waals surface area (Å²) in [5.41, 5.74) is 1.03. The zero-order valence-corrected chi connectivity index (χ0v) is 13.0. The fourth-order valence-electron chi connectivity index (χ4n) is 2.79. The molecule has 3 atom stereocenters. The van der Waals surface area contributed by atoms with Crippen LogP contribution >= 0.6 is 12.2 Å². The summed E-state index contributed by atoms with van der Waals surface area (Å²) in [7, 11) is 0. The monoisotopic (exact) mass is 294 g/mol. The number of hydrogen-bond acceptors (Lipinski definition) is 1. The average Bonchev–Trinajstić information content (AvgIpc) is 2.43. The lowest BCUT2D eigenvalue weighted by atomic mass is 9.78. The van der Waals surface area contributed by atoms with E-state index in [0.717, 1.165) is 11.5 Å². The summed E-state index contributed by atoms with van der Waals surface area (Å²) < 4.78 is 12.8. The first-order valence-electron chi connectivity index (χ1n) is 7.35. The van der Waals surface area contributed by atoms with E-state index in [1.807, 2.05) is 0 Å². The van der Waals surface area contributed by atoms with Crippen molar-refractivity contribution in [1.82, 2.24) is 10.6 Å². The first-order valence-corrected chi connectivity index (χ1v) is 7.76. The van der Waals surface area contributed by atoms with Crippen LogP contribution < -0.4 is 10.6 Å². The smallest absolute Gasteiger partial charge is 0.166 e. The van der Waals surface area contributed by atoms with Crippen molar-refractivity contribution >= 4 is 17.3 Å². The lowest BCUT2D eigenvalue weighted by Crippen LogP contribution is -2.47. The van der Waals surface area contributed by atoms with Gasteiger partial charge in [0.2, 0.25) is 0 Å². The van der Waals surface area contributed by atoms with Gasteiger partial charge in [0.15, 0.2) is 5.11 Å². The normalized spacial score (nSPS) is 26.1. The third-order valence-corrected chi connectivity index (χ3v) is 4.65. The van der Waals surface area contributed by atoms with E-state index in [1.54, 1.807) is 12.1 Å². The van der Waals surface area contributed by atoms with E-state index < -0.39 is 0 Å². The van der Waals surface area contributed by atoms with E-state index in [0.29, 0.717) is 23.6 Å². The van der Waals surface area contributed by atoms with Gasteiger partial charge in [0.05, 0.1) is 0 Å². The zero-order valence-electron chi connectivity index (χ0n) is 12.2. The molecule has 0 heterocycles. The van der Waals surface area contributed by atoms with Crippen LogP contribution in [0.15, 0.2) is 24.3 Å². The highest BCUT2D eigenvalue weighted by Crippen LogP contribution is 2.29. The van der Waals surface area contributed by atoms with Crippen molar-refractivity contribution in [1.29, 1.82) is 0 Å². The molecule has 0 bridgehead atoms. The molecule has 1 aliphatic carbocycles. The van der Waals surface area contributed by atoms with Gasteiger partial charge in [-0.15, -0.1) is 0 Å². The molecule has 1 aromatic carbocycles. The van der Waals surface area contributed by atoms with Crippen LogP contribution in [0.3, 0.4) is 0 Å². The van der Waals surface area contributed by atoms with Gasteiger partial charge in [-0.05, 0) is 48.2 Å². The molecule has 1 aliphatic rings. The maximum absolute atomic E-state index is 12.8. The summed E-state index contributed by atoms with van der Waals surface area (Å²) in [5, 5.41) is 7.32. The Labute approximate surface area is 126 Å². The van der Waals surface area contributed by atoms with Crippen LogP contribution in [-0.2, 0) is 6.54 Å². The van der Waals surface area contributed by atoms with Crippen LogP contribution in [-0.4, -0.2) is 11.2 Å². The number of rotatable bonds is 3. The topological polar surface area (TPSA) is 24.1 Å². The second-order valence-electron chi connectivity index (χ2n) is 5.83. The van der Waals surface area contributed by atoms with Crippen LogP contribution in [0.2, 0.25) is 0 Å². The number of halogens is 1. The van der Waals surface area contributed by atoms with Crippen molar-refractivity contribution in [2.45, 2.75) is 45.7 Å². The molecule has 0 radical (unpaired) electrons. The Hall–Kier alpha value is -1.16. The van der Waals surface area contributed by atoms with E-state index >= 15 is 0 Å². The second kappa shape index (κ2) is 7.02. The standard InChI is InChI=1S/C16H23FN2S/c1-11-4-3-5-15(12(11)2)19-16(20)18-10-13-6-8-14(17)9-7-13/h6-9,11-12,15H,3-5,10H2,1-2H3,(H2,18,19,20)/t11-,12-,15+/m1/s1. The highest BCUT2D eigenvalue weighted by atomic mass is 32.1. The van der Waals surface area contributed by atoms with Crippen molar-refractivity contribution < 1.29 is 4.39 Å². The Morgan fingerprint density at radius 2 is 1.95 bits per heavy atom. The molecule has 0 spiro atoms. The Morgan fingerprint density at radius 1 is 1.25 bits per heavy atom. The minimum atomic E-state index is -0.209. The Kier molecular flexibility index (Phi) is 5.35. The fourth-order valence-corrected chi connectivity index (χ4v) is 3.01. The first kappa shape index (κ1) is 15.2. The van der Waals surface area contributed by atoms with Gasteiger partial charge in [-0.2, -0.15) is 0 Å². The van der Waals surface area contributed by atoms with Gasteiger partial charge in [0.25, 0.3) is 0 Å². The maximum atomic E-state index is 12.8. The number of nitrogens with one attached hydrogen (secondary N) is 2. The molecule has 110 valence electrons. The van der Waals surface area contributed by atoms with Gasteiger partial charge in [-0.1, -0.05) is 38.8 Å². The molecule has 0 saturated heterocycles. The van der Waals surface area contributed by atoms with Crippen molar-refractivity contribution in [2.75, 3.05) is 0 Å². The summed E-state index contributed by atoms with van der Waals surface area (Å²) in [6, 6.07) is 6.95. The van der Waals surface area contributed by atoms with E-state index in [2.05, 4.69) is 24.5 Å². The molecule has 1 saturated carbocycles. The van der Waals surface area contributed by atoms with Gasteiger partial charge in [0, 0.05) is 12.6 Å². The number of hydrogen-bond donors (Lipinski definition) is 2. The molecule has 0 amide bonds. The van der Waals surface area contributed by atoms with E-state index in [4.69, 9.17) is 12.2 Å². The Bertz CT molecular complexity index is 446. The van der Waals surface area contributed by atoms with Gasteiger partial charge >= 0.3 is 0 Å². The molecule has 4 heteroatoms. The summed E-state index contributed by atoms with van der Waals surface area (Å²) >= 11 is 5.36. The summed E-state index contributed by atoms with van der Waals surface area (Å²) in [5.74, 6) is 1.19. The molecule has 1 fully saturated rings. The molecule has 2 N–H and O–H groups in total. The molecule has 0 unspecified atom stereocenters. The minimum absolute atomic E-state index is 0.209. The Morgan fingerprint density at radius 3 is 2.65 bits per heavy atom. The highest BCUT2D eigenvalue weighted by Gasteiger charge is 2.27. The van der Waals surface area contributed by atoms with Gasteiger partial charge in [-0.25, -0.2) is 4.39 Å². The maximum Gasteiger partial charge on any atom is 0.166 e. The second-order valence-corrected chi connectivity index (χ2v) is 6.24. The summed E-state index contributed by atoms with van der Waals surface area (Å²) in [4.78, 5) is 0. The van der Waals surface area contributed by atoms with Crippen molar-refractivity contribution in [3.8, 4) is 0 Å². The molecular formula is C16H23FN2S. The predicted octanol–water partition coefficient (Wildman–Crippen LogP) is 3.61. The average molecular weight is 294 g/mol. The van der Waals surface area contributed by atoms with Crippen LogP contribution in [0.4, 0.5) is 4.39 Å². The van der Waals surface area contributed by atoms with Gasteiger partial charge in [0.1, 0.15) is 5.82 Å². The van der Waals surface area contributed by atoms with Crippen molar-refractivity contribution in [3.63, 3.8) is 0 Å². The lowest BCUT2D eigenvalue weighted by Gasteiger charge is -2.35. The number of thiocarbonyl (C=S) groups is 1. The van der Waals surface area contributed by atoms with Crippen LogP contribution in [0, 0.1) is 17.7 Å². The third kappa shape index (κ3) is 4.17. The molecule has 0 aromatic heterocycles. The third-order valence-electron chi connectivity index (χ3n) is 4.39. The Balaban J connectivity index is 1.79. The van der Waals surface area contributed by atoms with Crippen LogP contribution in [0.25, 0.3) is 0 Å². The van der Waals surface area contributed by atoms with Crippen molar-refractivity contribution in [2.24, 2.45) is 11.8 Å². The predicted molar refractivity (Wildman–Crippen MR) is 84.9 cm³/mol. The lowest BCUT2D eigenvalue weighted by molar-refractivity contribution is 0.224. The fraction of sp³-hybridized carbons (Fsp3) is 0.562. The highest BCUT2D eigenvalue weighted by molar-refractivity contribution is 7.80. The van der Waals surface area contributed by atoms with Crippen LogP contribution in [0.1, 0.15) is 38.7 Å². The molecule has 2 rings (SSSR count). The van der Waals surface area contributed by atoms with E-state index in [1.165, 1.54) is 31.4 Å². The summed E-state index contributed by atoms with van der Waals surface area (Å²) in [6.07, 6.45) is 3.77. The SMILES string of the molecule is C[C@@H]1[C@H](C)CCC[C@@H]1NC(=S)NCc1ccc(F)cc1. The van der Waals surface area contributed by atoms with E-state index in [-0.39, 0.29) is 5.82 Å². The van der Waals surface area contributed by atoms with E-state index in [9.17, 15) is 4.39 Å². The first-order chi connectivity index (χ1) is 9.56. The molecule has 2 nitrogen and oxygen atoms in total. The molecule has 1 aromatic rings. The molecule has 0 aliphatic heterocycles. The molecule has 20 heavy (non-hydrogen) atoms. The summed E-state index contributed by atoms with van der Waals surface area (Å²) in [6.45, 7) is 5.24. The number of benzene rings is 1. The largest absolute Gasteiger partial charge is 0.360 e. The quantitative estimate of drug-likeness (QED) is 0.833. The van der Waals surface area contributed by atoms with Gasteiger partial charge in [-0.3, -0.25) is 0 Å². The zero-order chi connectivity index (χ0) is 14.5.